The number of carbonyl (C=O) groups is 3. The summed E-state index contributed by atoms with van der Waals surface area (Å²) in [6.07, 6.45) is 0. The largest absolute Gasteiger partial charge is 0.454 e. The summed E-state index contributed by atoms with van der Waals surface area (Å²) >= 11 is 0. The van der Waals surface area contributed by atoms with Gasteiger partial charge in [0, 0.05) is 11.3 Å². The summed E-state index contributed by atoms with van der Waals surface area (Å²) in [7, 11) is 0. The monoisotopic (exact) mass is 340 g/mol. The third-order valence-electron chi connectivity index (χ3n) is 3.42. The summed E-state index contributed by atoms with van der Waals surface area (Å²) in [5.74, 6) is -1.50. The Balaban J connectivity index is 1.78. The van der Waals surface area contributed by atoms with Gasteiger partial charge in [0.1, 0.15) is 6.04 Å². The van der Waals surface area contributed by atoms with Crippen molar-refractivity contribution in [2.75, 3.05) is 11.9 Å². The van der Waals surface area contributed by atoms with Gasteiger partial charge >= 0.3 is 5.97 Å². The molecular weight excluding hydrogens is 320 g/mol. The Morgan fingerprint density at radius 2 is 1.64 bits per heavy atom. The maximum atomic E-state index is 12.0. The van der Waals surface area contributed by atoms with E-state index in [2.05, 4.69) is 10.6 Å². The molecule has 0 fully saturated rings. The van der Waals surface area contributed by atoms with Crippen LogP contribution in [-0.2, 0) is 14.3 Å². The summed E-state index contributed by atoms with van der Waals surface area (Å²) < 4.78 is 4.93. The molecule has 25 heavy (non-hydrogen) atoms. The average Bonchev–Trinajstić information content (AvgIpc) is 2.62. The molecular formula is C19H20N2O4. The minimum atomic E-state index is -0.861. The number of aryl methyl sites for hydroxylation is 1. The first kappa shape index (κ1) is 18.2. The fourth-order valence-electron chi connectivity index (χ4n) is 2.02. The van der Waals surface area contributed by atoms with E-state index in [1.165, 1.54) is 6.92 Å². The fraction of sp³-hybridized carbons (Fsp3) is 0.211. The van der Waals surface area contributed by atoms with Crippen LogP contribution in [0.5, 0.6) is 0 Å². The van der Waals surface area contributed by atoms with Gasteiger partial charge in [-0.25, -0.2) is 4.79 Å². The molecule has 0 aliphatic rings. The molecule has 0 saturated carbocycles. The van der Waals surface area contributed by atoms with Gasteiger partial charge in [-0.3, -0.25) is 9.59 Å². The van der Waals surface area contributed by atoms with Crippen LogP contribution in [0.3, 0.4) is 0 Å². The first-order valence-corrected chi connectivity index (χ1v) is 7.85. The molecule has 0 spiro atoms. The number of ether oxygens (including phenoxy) is 1. The lowest BCUT2D eigenvalue weighted by atomic mass is 10.2. The van der Waals surface area contributed by atoms with Crippen LogP contribution in [0.2, 0.25) is 0 Å². The summed E-state index contributed by atoms with van der Waals surface area (Å²) in [5.41, 5.74) is 2.14. The van der Waals surface area contributed by atoms with E-state index in [0.717, 1.165) is 5.56 Å². The van der Waals surface area contributed by atoms with Crippen molar-refractivity contribution in [3.05, 3.63) is 65.7 Å². The molecule has 6 heteroatoms. The van der Waals surface area contributed by atoms with Crippen molar-refractivity contribution >= 4 is 23.5 Å². The molecule has 0 aliphatic carbocycles. The molecule has 0 aliphatic heterocycles. The molecule has 0 saturated heterocycles. The quantitative estimate of drug-likeness (QED) is 0.790. The molecule has 2 rings (SSSR count). The van der Waals surface area contributed by atoms with Crippen LogP contribution in [0.25, 0.3) is 0 Å². The highest BCUT2D eigenvalue weighted by molar-refractivity contribution is 5.97. The Labute approximate surface area is 146 Å². The topological polar surface area (TPSA) is 84.5 Å². The van der Waals surface area contributed by atoms with Gasteiger partial charge in [0.25, 0.3) is 11.8 Å². The zero-order chi connectivity index (χ0) is 18.2. The predicted octanol–water partition coefficient (Wildman–Crippen LogP) is 2.30. The Hall–Kier alpha value is -3.15. The van der Waals surface area contributed by atoms with E-state index < -0.39 is 24.5 Å². The van der Waals surface area contributed by atoms with Crippen LogP contribution >= 0.6 is 0 Å². The summed E-state index contributed by atoms with van der Waals surface area (Å²) in [6, 6.07) is 14.9. The molecule has 2 aromatic carbocycles. The van der Waals surface area contributed by atoms with Crippen LogP contribution in [0, 0.1) is 6.92 Å². The third kappa shape index (κ3) is 5.76. The maximum Gasteiger partial charge on any atom is 0.328 e. The highest BCUT2D eigenvalue weighted by atomic mass is 16.5. The van der Waals surface area contributed by atoms with Gasteiger partial charge in [-0.05, 0) is 38.1 Å². The smallest absolute Gasteiger partial charge is 0.328 e. The number of esters is 1. The minimum absolute atomic E-state index is 0.380. The Morgan fingerprint density at radius 1 is 1.00 bits per heavy atom. The van der Waals surface area contributed by atoms with E-state index in [9.17, 15) is 14.4 Å². The van der Waals surface area contributed by atoms with Crippen molar-refractivity contribution in [1.82, 2.24) is 5.32 Å². The van der Waals surface area contributed by atoms with Crippen LogP contribution < -0.4 is 10.6 Å². The lowest BCUT2D eigenvalue weighted by molar-refractivity contribution is -0.148. The lowest BCUT2D eigenvalue weighted by Gasteiger charge is -2.13. The number of anilines is 1. The van der Waals surface area contributed by atoms with Crippen LogP contribution in [0.4, 0.5) is 5.69 Å². The fourth-order valence-corrected chi connectivity index (χ4v) is 2.02. The molecule has 0 heterocycles. The minimum Gasteiger partial charge on any atom is -0.454 e. The molecule has 130 valence electrons. The molecule has 0 unspecified atom stereocenters. The van der Waals surface area contributed by atoms with E-state index in [0.29, 0.717) is 11.3 Å². The normalized spacial score (nSPS) is 11.3. The number of rotatable bonds is 6. The second-order valence-electron chi connectivity index (χ2n) is 5.58. The molecule has 2 amide bonds. The van der Waals surface area contributed by atoms with Gasteiger partial charge in [0.2, 0.25) is 0 Å². The highest BCUT2D eigenvalue weighted by Gasteiger charge is 2.19. The number of hydrogen-bond donors (Lipinski definition) is 2. The van der Waals surface area contributed by atoms with Gasteiger partial charge in [-0.1, -0.05) is 35.9 Å². The Morgan fingerprint density at radius 3 is 2.28 bits per heavy atom. The van der Waals surface area contributed by atoms with Crippen molar-refractivity contribution in [1.29, 1.82) is 0 Å². The van der Waals surface area contributed by atoms with Crippen LogP contribution in [0.1, 0.15) is 22.8 Å². The first-order chi connectivity index (χ1) is 12.0. The molecule has 1 atom stereocenters. The standard InChI is InChI=1S/C19H20N2O4/c1-13-8-10-16(11-9-13)21-17(22)12-25-19(24)14(2)20-18(23)15-6-4-3-5-7-15/h3-11,14H,12H2,1-2H3,(H,20,23)(H,21,22)/t14-/m0/s1. The first-order valence-electron chi connectivity index (χ1n) is 7.85. The number of nitrogens with one attached hydrogen (secondary N) is 2. The second kappa shape index (κ2) is 8.63. The molecule has 6 nitrogen and oxygen atoms in total. The van der Waals surface area contributed by atoms with E-state index >= 15 is 0 Å². The zero-order valence-corrected chi connectivity index (χ0v) is 14.1. The molecule has 0 bridgehead atoms. The number of hydrogen-bond acceptors (Lipinski definition) is 4. The lowest BCUT2D eigenvalue weighted by Crippen LogP contribution is -2.40. The van der Waals surface area contributed by atoms with Gasteiger partial charge in [0.15, 0.2) is 6.61 Å². The van der Waals surface area contributed by atoms with Crippen LogP contribution in [0.15, 0.2) is 54.6 Å². The summed E-state index contributed by atoms with van der Waals surface area (Å²) in [6.45, 7) is 3.03. The van der Waals surface area contributed by atoms with E-state index in [1.807, 2.05) is 19.1 Å². The zero-order valence-electron chi connectivity index (χ0n) is 14.1. The molecule has 2 N–H and O–H groups in total. The van der Waals surface area contributed by atoms with Gasteiger partial charge in [0.05, 0.1) is 0 Å². The Bertz CT molecular complexity index is 742. The maximum absolute atomic E-state index is 12.0. The number of benzene rings is 2. The van der Waals surface area contributed by atoms with Crippen molar-refractivity contribution in [2.45, 2.75) is 19.9 Å². The predicted molar refractivity (Wildman–Crippen MR) is 94.1 cm³/mol. The van der Waals surface area contributed by atoms with Crippen molar-refractivity contribution in [3.8, 4) is 0 Å². The molecule has 2 aromatic rings. The van der Waals surface area contributed by atoms with Gasteiger partial charge in [-0.15, -0.1) is 0 Å². The van der Waals surface area contributed by atoms with E-state index in [1.54, 1.807) is 42.5 Å². The van der Waals surface area contributed by atoms with E-state index in [4.69, 9.17) is 4.74 Å². The summed E-state index contributed by atoms with van der Waals surface area (Å²) in [4.78, 5) is 35.7. The average molecular weight is 340 g/mol. The SMILES string of the molecule is Cc1ccc(NC(=O)COC(=O)[C@H](C)NC(=O)c2ccccc2)cc1. The van der Waals surface area contributed by atoms with Crippen molar-refractivity contribution < 1.29 is 19.1 Å². The number of amides is 2. The van der Waals surface area contributed by atoms with Crippen molar-refractivity contribution in [2.24, 2.45) is 0 Å². The second-order valence-corrected chi connectivity index (χ2v) is 5.58. The van der Waals surface area contributed by atoms with Crippen molar-refractivity contribution in [3.63, 3.8) is 0 Å². The van der Waals surface area contributed by atoms with Gasteiger partial charge in [-0.2, -0.15) is 0 Å². The van der Waals surface area contributed by atoms with E-state index in [-0.39, 0.29) is 5.91 Å². The van der Waals surface area contributed by atoms with Gasteiger partial charge < -0.3 is 15.4 Å². The Kier molecular flexibility index (Phi) is 6.28. The molecule has 0 aromatic heterocycles. The third-order valence-corrected chi connectivity index (χ3v) is 3.42. The summed E-state index contributed by atoms with van der Waals surface area (Å²) in [5, 5.41) is 5.16. The molecule has 0 radical (unpaired) electrons. The van der Waals surface area contributed by atoms with Crippen LogP contribution in [-0.4, -0.2) is 30.4 Å². The number of carbonyl (C=O) groups excluding carboxylic acids is 3. The highest BCUT2D eigenvalue weighted by Crippen LogP contribution is 2.08.